The molecule has 1 rings (SSSR count). The summed E-state index contributed by atoms with van der Waals surface area (Å²) in [5.74, 6) is 0.295. The van der Waals surface area contributed by atoms with Crippen molar-refractivity contribution in [1.29, 1.82) is 0 Å². The van der Waals surface area contributed by atoms with Crippen LogP contribution in [0.4, 0.5) is 5.95 Å². The van der Waals surface area contributed by atoms with Crippen molar-refractivity contribution in [3.05, 3.63) is 36.3 Å². The predicted molar refractivity (Wildman–Crippen MR) is 75.9 cm³/mol. The van der Waals surface area contributed by atoms with Gasteiger partial charge in [0.05, 0.1) is 5.69 Å². The summed E-state index contributed by atoms with van der Waals surface area (Å²) < 4.78 is 0. The summed E-state index contributed by atoms with van der Waals surface area (Å²) in [7, 11) is 3.97. The molecule has 0 aromatic carbocycles. The summed E-state index contributed by atoms with van der Waals surface area (Å²) in [5, 5.41) is 2.70. The molecule has 0 spiro atoms. The van der Waals surface area contributed by atoms with Crippen LogP contribution in [0.5, 0.6) is 0 Å². The van der Waals surface area contributed by atoms with E-state index < -0.39 is 0 Å². The number of nitrogens with one attached hydrogen (secondary N) is 1. The molecule has 0 aliphatic rings. The van der Waals surface area contributed by atoms with Crippen molar-refractivity contribution in [3.8, 4) is 0 Å². The van der Waals surface area contributed by atoms with E-state index in [1.165, 1.54) is 0 Å². The number of nitrogens with zero attached hydrogens (tertiary/aromatic N) is 3. The number of carbonyl (C=O) groups is 1. The van der Waals surface area contributed by atoms with Gasteiger partial charge in [-0.1, -0.05) is 6.58 Å². The average Bonchev–Trinajstić information content (AvgIpc) is 2.36. The number of anilines is 1. The molecular formula is C14H20N4O. The Balaban J connectivity index is 2.47. The van der Waals surface area contributed by atoms with Gasteiger partial charge in [-0.2, -0.15) is 0 Å². The van der Waals surface area contributed by atoms with Crippen LogP contribution in [0.3, 0.4) is 0 Å². The van der Waals surface area contributed by atoms with Crippen molar-refractivity contribution in [2.24, 2.45) is 0 Å². The van der Waals surface area contributed by atoms with Crippen molar-refractivity contribution in [1.82, 2.24) is 14.9 Å². The SMILES string of the molecule is C=C=CCc1ccnc(NC(=O)CCCN(C)C)n1. The van der Waals surface area contributed by atoms with Crippen LogP contribution in [0.2, 0.25) is 0 Å². The van der Waals surface area contributed by atoms with E-state index in [0.29, 0.717) is 18.8 Å². The average molecular weight is 260 g/mol. The van der Waals surface area contributed by atoms with Gasteiger partial charge in [0.25, 0.3) is 0 Å². The molecule has 0 aliphatic heterocycles. The van der Waals surface area contributed by atoms with Gasteiger partial charge in [-0.05, 0) is 39.2 Å². The molecule has 5 nitrogen and oxygen atoms in total. The number of aromatic nitrogens is 2. The van der Waals surface area contributed by atoms with E-state index >= 15 is 0 Å². The van der Waals surface area contributed by atoms with E-state index in [1.807, 2.05) is 19.0 Å². The Morgan fingerprint density at radius 1 is 1.58 bits per heavy atom. The summed E-state index contributed by atoms with van der Waals surface area (Å²) in [6, 6.07) is 1.80. The zero-order valence-corrected chi connectivity index (χ0v) is 11.5. The highest BCUT2D eigenvalue weighted by Crippen LogP contribution is 2.03. The van der Waals surface area contributed by atoms with Crippen LogP contribution < -0.4 is 5.32 Å². The zero-order valence-electron chi connectivity index (χ0n) is 11.5. The summed E-state index contributed by atoms with van der Waals surface area (Å²) >= 11 is 0. The van der Waals surface area contributed by atoms with Crippen molar-refractivity contribution in [2.45, 2.75) is 19.3 Å². The highest BCUT2D eigenvalue weighted by atomic mass is 16.1. The maximum absolute atomic E-state index is 11.7. The quantitative estimate of drug-likeness (QED) is 0.757. The van der Waals surface area contributed by atoms with Gasteiger partial charge >= 0.3 is 0 Å². The monoisotopic (exact) mass is 260 g/mol. The molecule has 0 atom stereocenters. The molecular weight excluding hydrogens is 240 g/mol. The highest BCUT2D eigenvalue weighted by molar-refractivity contribution is 5.88. The van der Waals surface area contributed by atoms with E-state index in [2.05, 4.69) is 27.6 Å². The molecule has 1 aromatic heterocycles. The molecule has 1 heterocycles. The topological polar surface area (TPSA) is 58.1 Å². The van der Waals surface area contributed by atoms with Gasteiger partial charge in [0.2, 0.25) is 11.9 Å². The van der Waals surface area contributed by atoms with Crippen LogP contribution in [-0.2, 0) is 11.2 Å². The van der Waals surface area contributed by atoms with Crippen molar-refractivity contribution in [3.63, 3.8) is 0 Å². The Labute approximate surface area is 114 Å². The van der Waals surface area contributed by atoms with Crippen molar-refractivity contribution in [2.75, 3.05) is 26.0 Å². The zero-order chi connectivity index (χ0) is 14.1. The lowest BCUT2D eigenvalue weighted by molar-refractivity contribution is -0.116. The Morgan fingerprint density at radius 3 is 3.05 bits per heavy atom. The van der Waals surface area contributed by atoms with Crippen LogP contribution in [0.1, 0.15) is 18.5 Å². The van der Waals surface area contributed by atoms with Crippen molar-refractivity contribution >= 4 is 11.9 Å². The standard InChI is InChI=1S/C14H20N4O/c1-4-5-7-12-9-10-15-14(16-12)17-13(19)8-6-11-18(2)3/h5,9-10H,1,6-8,11H2,2-3H3,(H,15,16,17,19). The van der Waals surface area contributed by atoms with E-state index in [1.54, 1.807) is 18.3 Å². The summed E-state index contributed by atoms with van der Waals surface area (Å²) in [6.45, 7) is 4.38. The van der Waals surface area contributed by atoms with Crippen LogP contribution in [-0.4, -0.2) is 41.4 Å². The highest BCUT2D eigenvalue weighted by Gasteiger charge is 2.05. The molecule has 0 bridgehead atoms. The van der Waals surface area contributed by atoms with Gasteiger partial charge < -0.3 is 4.90 Å². The van der Waals surface area contributed by atoms with Crippen molar-refractivity contribution < 1.29 is 4.79 Å². The van der Waals surface area contributed by atoms with E-state index in [4.69, 9.17) is 0 Å². The van der Waals surface area contributed by atoms with E-state index in [9.17, 15) is 4.79 Å². The number of allylic oxidation sites excluding steroid dienone is 1. The second-order valence-electron chi connectivity index (χ2n) is 4.44. The molecule has 0 saturated heterocycles. The minimum absolute atomic E-state index is 0.0572. The van der Waals surface area contributed by atoms with Gasteiger partial charge in [0.15, 0.2) is 0 Å². The number of hydrogen-bond acceptors (Lipinski definition) is 4. The summed E-state index contributed by atoms with van der Waals surface area (Å²) in [5.41, 5.74) is 3.52. The number of carbonyl (C=O) groups excluding carboxylic acids is 1. The molecule has 0 saturated carbocycles. The third kappa shape index (κ3) is 6.50. The Hall–Kier alpha value is -1.97. The lowest BCUT2D eigenvalue weighted by atomic mass is 10.3. The molecule has 5 heteroatoms. The molecule has 1 N–H and O–H groups in total. The second kappa shape index (κ2) is 8.19. The molecule has 0 aliphatic carbocycles. The summed E-state index contributed by atoms with van der Waals surface area (Å²) in [4.78, 5) is 22.0. The fraction of sp³-hybridized carbons (Fsp3) is 0.429. The largest absolute Gasteiger partial charge is 0.309 e. The third-order valence-electron chi connectivity index (χ3n) is 2.43. The van der Waals surface area contributed by atoms with Gasteiger partial charge in [-0.25, -0.2) is 9.97 Å². The molecule has 1 aromatic rings. The van der Waals surface area contributed by atoms with Crippen LogP contribution in [0, 0.1) is 0 Å². The van der Waals surface area contributed by atoms with Gasteiger partial charge in [-0.15, -0.1) is 5.73 Å². The number of rotatable bonds is 7. The molecule has 0 fully saturated rings. The molecule has 102 valence electrons. The summed E-state index contributed by atoms with van der Waals surface area (Å²) in [6.07, 6.45) is 5.34. The molecule has 0 unspecified atom stereocenters. The lowest BCUT2D eigenvalue weighted by Crippen LogP contribution is -2.18. The Kier molecular flexibility index (Phi) is 6.50. The van der Waals surface area contributed by atoms with E-state index in [-0.39, 0.29) is 5.91 Å². The van der Waals surface area contributed by atoms with Gasteiger partial charge in [-0.3, -0.25) is 10.1 Å². The van der Waals surface area contributed by atoms with E-state index in [0.717, 1.165) is 18.7 Å². The smallest absolute Gasteiger partial charge is 0.229 e. The fourth-order valence-corrected chi connectivity index (χ4v) is 1.49. The Morgan fingerprint density at radius 2 is 2.37 bits per heavy atom. The first-order valence-corrected chi connectivity index (χ1v) is 6.22. The lowest BCUT2D eigenvalue weighted by Gasteiger charge is -2.08. The molecule has 1 amide bonds. The first-order chi connectivity index (χ1) is 9.11. The van der Waals surface area contributed by atoms with Gasteiger partial charge in [0.1, 0.15) is 0 Å². The van der Waals surface area contributed by atoms with Crippen LogP contribution in [0.25, 0.3) is 0 Å². The van der Waals surface area contributed by atoms with Crippen LogP contribution >= 0.6 is 0 Å². The third-order valence-corrected chi connectivity index (χ3v) is 2.43. The number of amides is 1. The normalized spacial score (nSPS) is 10.1. The maximum Gasteiger partial charge on any atom is 0.229 e. The first-order valence-electron chi connectivity index (χ1n) is 6.22. The Bertz CT molecular complexity index is 464. The molecule has 19 heavy (non-hydrogen) atoms. The van der Waals surface area contributed by atoms with Gasteiger partial charge in [0, 0.05) is 19.0 Å². The van der Waals surface area contributed by atoms with Crippen LogP contribution in [0.15, 0.2) is 30.6 Å². The first kappa shape index (κ1) is 15.1. The number of hydrogen-bond donors (Lipinski definition) is 1. The minimum Gasteiger partial charge on any atom is -0.309 e. The fourth-order valence-electron chi connectivity index (χ4n) is 1.49. The second-order valence-corrected chi connectivity index (χ2v) is 4.44. The minimum atomic E-state index is -0.0572. The molecule has 0 radical (unpaired) electrons. The maximum atomic E-state index is 11.7. The predicted octanol–water partition coefficient (Wildman–Crippen LogP) is 1.64.